The average Bonchev–Trinajstić information content (AvgIpc) is 2.78. The first-order chi connectivity index (χ1) is 9.10. The highest BCUT2D eigenvalue weighted by Gasteiger charge is 2.07. The molecule has 0 spiro atoms. The molecule has 0 aliphatic carbocycles. The van der Waals surface area contributed by atoms with E-state index >= 15 is 0 Å². The number of nitrogens with one attached hydrogen (secondary N) is 2. The topological polar surface area (TPSA) is 85.0 Å². The maximum Gasteiger partial charge on any atom is 0.251 e. The first-order valence-corrected chi connectivity index (χ1v) is 6.03. The summed E-state index contributed by atoms with van der Waals surface area (Å²) in [6.45, 7) is 2.47. The van der Waals surface area contributed by atoms with Crippen molar-refractivity contribution >= 4 is 23.0 Å². The van der Waals surface area contributed by atoms with E-state index in [2.05, 4.69) is 15.7 Å². The first-order valence-electron chi connectivity index (χ1n) is 6.03. The zero-order valence-electron chi connectivity index (χ0n) is 11.0. The van der Waals surface area contributed by atoms with E-state index in [1.165, 1.54) is 0 Å². The van der Waals surface area contributed by atoms with Gasteiger partial charge in [-0.25, -0.2) is 0 Å². The fourth-order valence-corrected chi connectivity index (χ4v) is 1.72. The van der Waals surface area contributed by atoms with E-state index in [9.17, 15) is 4.79 Å². The summed E-state index contributed by atoms with van der Waals surface area (Å²) in [6.07, 6.45) is 3.55. The minimum absolute atomic E-state index is 0.123. The van der Waals surface area contributed by atoms with Gasteiger partial charge in [-0.15, -0.1) is 0 Å². The van der Waals surface area contributed by atoms with E-state index in [4.69, 9.17) is 5.73 Å². The molecule has 0 aliphatic heterocycles. The third-order valence-corrected chi connectivity index (χ3v) is 2.63. The number of hydrogen-bond donors (Lipinski definition) is 3. The maximum atomic E-state index is 11.7. The highest BCUT2D eigenvalue weighted by atomic mass is 16.1. The first kappa shape index (κ1) is 12.9. The molecular weight excluding hydrogens is 242 g/mol. The molecule has 100 valence electrons. The van der Waals surface area contributed by atoms with Gasteiger partial charge in [-0.3, -0.25) is 9.48 Å². The molecule has 0 unspecified atom stereocenters. The highest BCUT2D eigenvalue weighted by Crippen LogP contribution is 2.23. The monoisotopic (exact) mass is 259 g/mol. The second-order valence-electron chi connectivity index (χ2n) is 4.19. The van der Waals surface area contributed by atoms with Crippen molar-refractivity contribution in [3.05, 3.63) is 36.2 Å². The van der Waals surface area contributed by atoms with E-state index in [0.29, 0.717) is 17.8 Å². The third kappa shape index (κ3) is 3.04. The van der Waals surface area contributed by atoms with Crippen molar-refractivity contribution in [1.29, 1.82) is 0 Å². The number of hydrogen-bond acceptors (Lipinski definition) is 4. The molecule has 0 aliphatic rings. The molecule has 0 fully saturated rings. The standard InChI is InChI=1S/C13H17N5O/c1-3-15-13(19)9-4-5-12(11(14)6-9)17-10-7-16-18(2)8-10/h4-8,17H,3,14H2,1-2H3,(H,15,19). The van der Waals surface area contributed by atoms with Crippen LogP contribution in [-0.4, -0.2) is 22.2 Å². The zero-order valence-corrected chi connectivity index (χ0v) is 11.0. The molecule has 0 radical (unpaired) electrons. The van der Waals surface area contributed by atoms with Crippen LogP contribution in [-0.2, 0) is 7.05 Å². The van der Waals surface area contributed by atoms with E-state index in [1.54, 1.807) is 29.1 Å². The van der Waals surface area contributed by atoms with Crippen molar-refractivity contribution in [1.82, 2.24) is 15.1 Å². The predicted molar refractivity (Wildman–Crippen MR) is 75.4 cm³/mol. The van der Waals surface area contributed by atoms with Crippen molar-refractivity contribution < 1.29 is 4.79 Å². The van der Waals surface area contributed by atoms with Crippen LogP contribution >= 0.6 is 0 Å². The number of carbonyl (C=O) groups is 1. The van der Waals surface area contributed by atoms with Crippen LogP contribution in [0.5, 0.6) is 0 Å². The quantitative estimate of drug-likeness (QED) is 0.726. The van der Waals surface area contributed by atoms with Crippen molar-refractivity contribution in [2.75, 3.05) is 17.6 Å². The van der Waals surface area contributed by atoms with Gasteiger partial charge in [-0.2, -0.15) is 5.10 Å². The van der Waals surface area contributed by atoms with Gasteiger partial charge in [0.2, 0.25) is 0 Å². The van der Waals surface area contributed by atoms with Gasteiger partial charge in [0.25, 0.3) is 5.91 Å². The Morgan fingerprint density at radius 2 is 2.26 bits per heavy atom. The van der Waals surface area contributed by atoms with E-state index in [0.717, 1.165) is 11.4 Å². The molecule has 1 heterocycles. The summed E-state index contributed by atoms with van der Waals surface area (Å²) >= 11 is 0. The Balaban J connectivity index is 2.17. The number of anilines is 3. The summed E-state index contributed by atoms with van der Waals surface area (Å²) < 4.78 is 1.70. The number of aryl methyl sites for hydroxylation is 1. The van der Waals surface area contributed by atoms with Crippen molar-refractivity contribution in [2.24, 2.45) is 7.05 Å². The number of amides is 1. The molecule has 0 saturated heterocycles. The van der Waals surface area contributed by atoms with E-state index in [1.807, 2.05) is 20.2 Å². The minimum Gasteiger partial charge on any atom is -0.397 e. The van der Waals surface area contributed by atoms with Crippen LogP contribution in [0.1, 0.15) is 17.3 Å². The van der Waals surface area contributed by atoms with Gasteiger partial charge in [0.05, 0.1) is 23.3 Å². The smallest absolute Gasteiger partial charge is 0.251 e. The summed E-state index contributed by atoms with van der Waals surface area (Å²) in [7, 11) is 1.84. The Hall–Kier alpha value is -2.50. The molecule has 2 aromatic rings. The summed E-state index contributed by atoms with van der Waals surface area (Å²) in [5.74, 6) is -0.123. The Morgan fingerprint density at radius 1 is 1.47 bits per heavy atom. The van der Waals surface area contributed by atoms with Gasteiger partial charge in [0.1, 0.15) is 0 Å². The molecule has 4 N–H and O–H groups in total. The molecule has 19 heavy (non-hydrogen) atoms. The second-order valence-corrected chi connectivity index (χ2v) is 4.19. The minimum atomic E-state index is -0.123. The Bertz CT molecular complexity index is 590. The highest BCUT2D eigenvalue weighted by molar-refractivity contribution is 5.96. The lowest BCUT2D eigenvalue weighted by Gasteiger charge is -2.09. The van der Waals surface area contributed by atoms with Gasteiger partial charge in [-0.05, 0) is 25.1 Å². The SMILES string of the molecule is CCNC(=O)c1ccc(Nc2cnn(C)c2)c(N)c1. The van der Waals surface area contributed by atoms with Crippen LogP contribution < -0.4 is 16.4 Å². The van der Waals surface area contributed by atoms with Crippen molar-refractivity contribution in [3.8, 4) is 0 Å². The maximum absolute atomic E-state index is 11.7. The summed E-state index contributed by atoms with van der Waals surface area (Å²) in [4.78, 5) is 11.7. The molecule has 2 rings (SSSR count). The van der Waals surface area contributed by atoms with Crippen LogP contribution in [0.3, 0.4) is 0 Å². The number of carbonyl (C=O) groups excluding carboxylic acids is 1. The number of nitrogen functional groups attached to an aromatic ring is 1. The Labute approximate surface area is 111 Å². The molecule has 0 bridgehead atoms. The number of nitrogens with two attached hydrogens (primary N) is 1. The molecule has 1 amide bonds. The normalized spacial score (nSPS) is 10.2. The second kappa shape index (κ2) is 5.43. The molecule has 1 aromatic carbocycles. The molecule has 0 atom stereocenters. The van der Waals surface area contributed by atoms with Gasteiger partial charge >= 0.3 is 0 Å². The largest absolute Gasteiger partial charge is 0.397 e. The van der Waals surface area contributed by atoms with Crippen LogP contribution in [0, 0.1) is 0 Å². The summed E-state index contributed by atoms with van der Waals surface area (Å²) in [6, 6.07) is 5.18. The van der Waals surface area contributed by atoms with Crippen LogP contribution in [0.2, 0.25) is 0 Å². The van der Waals surface area contributed by atoms with Crippen LogP contribution in [0.15, 0.2) is 30.6 Å². The van der Waals surface area contributed by atoms with E-state index < -0.39 is 0 Å². The lowest BCUT2D eigenvalue weighted by atomic mass is 10.1. The average molecular weight is 259 g/mol. The molecule has 6 heteroatoms. The fraction of sp³-hybridized carbons (Fsp3) is 0.231. The van der Waals surface area contributed by atoms with Gasteiger partial charge in [0, 0.05) is 25.4 Å². The molecular formula is C13H17N5O. The van der Waals surface area contributed by atoms with Crippen LogP contribution in [0.25, 0.3) is 0 Å². The number of aromatic nitrogens is 2. The molecule has 0 saturated carbocycles. The lowest BCUT2D eigenvalue weighted by Crippen LogP contribution is -2.22. The van der Waals surface area contributed by atoms with Gasteiger partial charge in [0.15, 0.2) is 0 Å². The molecule has 6 nitrogen and oxygen atoms in total. The van der Waals surface area contributed by atoms with Gasteiger partial charge < -0.3 is 16.4 Å². The summed E-state index contributed by atoms with van der Waals surface area (Å²) in [5.41, 5.74) is 8.61. The predicted octanol–water partition coefficient (Wildman–Crippen LogP) is 1.50. The van der Waals surface area contributed by atoms with Crippen molar-refractivity contribution in [3.63, 3.8) is 0 Å². The fourth-order valence-electron chi connectivity index (χ4n) is 1.72. The van der Waals surface area contributed by atoms with Gasteiger partial charge in [-0.1, -0.05) is 0 Å². The van der Waals surface area contributed by atoms with Crippen LogP contribution in [0.4, 0.5) is 17.1 Å². The molecule has 1 aromatic heterocycles. The third-order valence-electron chi connectivity index (χ3n) is 2.63. The summed E-state index contributed by atoms with van der Waals surface area (Å²) in [5, 5.41) is 9.95. The van der Waals surface area contributed by atoms with Crippen molar-refractivity contribution in [2.45, 2.75) is 6.92 Å². The number of nitrogens with zero attached hydrogens (tertiary/aromatic N) is 2. The lowest BCUT2D eigenvalue weighted by molar-refractivity contribution is 0.0956. The Kier molecular flexibility index (Phi) is 3.70. The number of benzene rings is 1. The number of rotatable bonds is 4. The Morgan fingerprint density at radius 3 is 2.84 bits per heavy atom. The zero-order chi connectivity index (χ0) is 13.8. The van der Waals surface area contributed by atoms with E-state index in [-0.39, 0.29) is 5.91 Å².